The molecule has 1 atom stereocenters. The van der Waals surface area contributed by atoms with Crippen LogP contribution in [-0.2, 0) is 11.3 Å². The summed E-state index contributed by atoms with van der Waals surface area (Å²) >= 11 is 0. The van der Waals surface area contributed by atoms with Crippen LogP contribution in [0.25, 0.3) is 0 Å². The van der Waals surface area contributed by atoms with Crippen molar-refractivity contribution in [1.82, 2.24) is 14.9 Å². The Bertz CT molecular complexity index is 466. The molecule has 0 radical (unpaired) electrons. The van der Waals surface area contributed by atoms with Gasteiger partial charge in [-0.2, -0.15) is 0 Å². The van der Waals surface area contributed by atoms with Gasteiger partial charge in [0.1, 0.15) is 6.33 Å². The molecule has 1 saturated heterocycles. The van der Waals surface area contributed by atoms with Crippen molar-refractivity contribution in [3.63, 3.8) is 0 Å². The van der Waals surface area contributed by atoms with Crippen molar-refractivity contribution >= 4 is 5.91 Å². The lowest BCUT2D eigenvalue weighted by atomic mass is 9.89. The third kappa shape index (κ3) is 3.97. The molecule has 1 aromatic heterocycles. The fourth-order valence-electron chi connectivity index (χ4n) is 2.63. The molecule has 2 rings (SSSR count). The molecule has 0 spiro atoms. The molecule has 19 heavy (non-hydrogen) atoms. The van der Waals surface area contributed by atoms with Crippen LogP contribution in [0.4, 0.5) is 0 Å². The van der Waals surface area contributed by atoms with Crippen LogP contribution >= 0.6 is 0 Å². The highest BCUT2D eigenvalue weighted by Crippen LogP contribution is 2.25. The Morgan fingerprint density at radius 2 is 2.37 bits per heavy atom. The molecule has 3 N–H and O–H groups in total. The molecule has 1 amide bonds. The van der Waals surface area contributed by atoms with Crippen LogP contribution in [0.15, 0.2) is 12.4 Å². The highest BCUT2D eigenvalue weighted by molar-refractivity contribution is 5.75. The Morgan fingerprint density at radius 3 is 3.05 bits per heavy atom. The van der Waals surface area contributed by atoms with Gasteiger partial charge in [0.2, 0.25) is 5.91 Å². The van der Waals surface area contributed by atoms with Crippen LogP contribution in [0.1, 0.15) is 30.7 Å². The summed E-state index contributed by atoms with van der Waals surface area (Å²) in [6, 6.07) is 1.93. The Balaban J connectivity index is 1.99. The highest BCUT2D eigenvalue weighted by atomic mass is 16.3. The average Bonchev–Trinajstić information content (AvgIpc) is 2.27. The zero-order chi connectivity index (χ0) is 13.9. The average molecular weight is 264 g/mol. The summed E-state index contributed by atoms with van der Waals surface area (Å²) < 4.78 is 0. The van der Waals surface area contributed by atoms with Crippen molar-refractivity contribution < 1.29 is 9.90 Å². The molecule has 6 nitrogen and oxygen atoms in total. The summed E-state index contributed by atoms with van der Waals surface area (Å²) in [7, 11) is 0. The van der Waals surface area contributed by atoms with E-state index in [9.17, 15) is 9.90 Å². The highest BCUT2D eigenvalue weighted by Gasteiger charge is 2.34. The standard InChI is InChI=1S/C13H20N4O2/c1-10-5-11(16-9-15-10)7-17-4-2-3-13(19,8-17)6-12(14)18/h5,9,19H,2-4,6-8H2,1H3,(H2,14,18). The van der Waals surface area contributed by atoms with Crippen LogP contribution in [-0.4, -0.2) is 44.6 Å². The van der Waals surface area contributed by atoms with E-state index in [0.717, 1.165) is 24.4 Å². The number of aryl methyl sites for hydroxylation is 1. The normalized spacial score (nSPS) is 24.3. The second kappa shape index (κ2) is 5.63. The molecule has 1 aromatic rings. The van der Waals surface area contributed by atoms with Crippen LogP contribution in [0.3, 0.4) is 0 Å². The van der Waals surface area contributed by atoms with Crippen LogP contribution in [0.5, 0.6) is 0 Å². The summed E-state index contributed by atoms with van der Waals surface area (Å²) in [6.45, 7) is 3.93. The predicted molar refractivity (Wildman–Crippen MR) is 70.0 cm³/mol. The van der Waals surface area contributed by atoms with Gasteiger partial charge in [-0.15, -0.1) is 0 Å². The van der Waals surface area contributed by atoms with Crippen molar-refractivity contribution in [2.45, 2.75) is 38.3 Å². The van der Waals surface area contributed by atoms with E-state index in [0.29, 0.717) is 19.5 Å². The van der Waals surface area contributed by atoms with Crippen molar-refractivity contribution in [2.75, 3.05) is 13.1 Å². The second-order valence-corrected chi connectivity index (χ2v) is 5.33. The number of carbonyl (C=O) groups excluding carboxylic acids is 1. The van der Waals surface area contributed by atoms with Gasteiger partial charge in [0.25, 0.3) is 0 Å². The molecule has 0 bridgehead atoms. The number of aliphatic hydroxyl groups is 1. The molecular weight excluding hydrogens is 244 g/mol. The fraction of sp³-hybridized carbons (Fsp3) is 0.615. The van der Waals surface area contributed by atoms with Crippen molar-refractivity contribution in [2.24, 2.45) is 5.73 Å². The first-order valence-electron chi connectivity index (χ1n) is 6.47. The van der Waals surface area contributed by atoms with Gasteiger partial charge in [-0.3, -0.25) is 9.69 Å². The number of rotatable bonds is 4. The molecule has 0 saturated carbocycles. The van der Waals surface area contributed by atoms with Crippen LogP contribution in [0.2, 0.25) is 0 Å². The van der Waals surface area contributed by atoms with Crippen molar-refractivity contribution in [3.05, 3.63) is 23.8 Å². The van der Waals surface area contributed by atoms with E-state index >= 15 is 0 Å². The van der Waals surface area contributed by atoms with Gasteiger partial charge in [0, 0.05) is 18.8 Å². The minimum absolute atomic E-state index is 0.0201. The topological polar surface area (TPSA) is 92.3 Å². The molecular formula is C13H20N4O2. The van der Waals surface area contributed by atoms with Crippen LogP contribution in [0, 0.1) is 6.92 Å². The summed E-state index contributed by atoms with van der Waals surface area (Å²) in [5.41, 5.74) is 6.05. The van der Waals surface area contributed by atoms with Gasteiger partial charge < -0.3 is 10.8 Å². The molecule has 2 heterocycles. The van der Waals surface area contributed by atoms with Gasteiger partial charge >= 0.3 is 0 Å². The van der Waals surface area contributed by atoms with Gasteiger partial charge in [-0.25, -0.2) is 9.97 Å². The number of primary amides is 1. The number of piperidine rings is 1. The summed E-state index contributed by atoms with van der Waals surface area (Å²) in [4.78, 5) is 21.4. The molecule has 0 aromatic carbocycles. The lowest BCUT2D eigenvalue weighted by Gasteiger charge is -2.38. The van der Waals surface area contributed by atoms with Gasteiger partial charge in [-0.1, -0.05) is 0 Å². The predicted octanol–water partition coefficient (Wildman–Crippen LogP) is -0.0127. The number of likely N-dealkylation sites (tertiary alicyclic amines) is 1. The van der Waals surface area contributed by atoms with Gasteiger partial charge in [-0.05, 0) is 32.4 Å². The Labute approximate surface area is 112 Å². The number of β-amino-alcohol motifs (C(OH)–C–C–N with tert-alkyl or cyclic N) is 1. The van der Waals surface area contributed by atoms with Crippen molar-refractivity contribution in [1.29, 1.82) is 0 Å². The SMILES string of the molecule is Cc1cc(CN2CCCC(O)(CC(N)=O)C2)ncn1. The van der Waals surface area contributed by atoms with Gasteiger partial charge in [0.15, 0.2) is 0 Å². The van der Waals surface area contributed by atoms with E-state index in [1.807, 2.05) is 13.0 Å². The number of hydrogen-bond donors (Lipinski definition) is 2. The summed E-state index contributed by atoms with van der Waals surface area (Å²) in [5.74, 6) is -0.456. The third-order valence-corrected chi connectivity index (χ3v) is 3.38. The molecule has 1 unspecified atom stereocenters. The lowest BCUT2D eigenvalue weighted by molar-refractivity contribution is -0.125. The first-order chi connectivity index (χ1) is 8.97. The maximum absolute atomic E-state index is 11.0. The smallest absolute Gasteiger partial charge is 0.220 e. The maximum atomic E-state index is 11.0. The number of carbonyl (C=O) groups is 1. The molecule has 6 heteroatoms. The number of hydrogen-bond acceptors (Lipinski definition) is 5. The lowest BCUT2D eigenvalue weighted by Crippen LogP contribution is -2.49. The second-order valence-electron chi connectivity index (χ2n) is 5.33. The molecule has 1 aliphatic heterocycles. The van der Waals surface area contributed by atoms with E-state index in [1.54, 1.807) is 6.33 Å². The van der Waals surface area contributed by atoms with E-state index in [2.05, 4.69) is 14.9 Å². The number of amides is 1. The molecule has 0 aliphatic carbocycles. The first kappa shape index (κ1) is 13.9. The van der Waals surface area contributed by atoms with E-state index in [4.69, 9.17) is 5.73 Å². The number of nitrogens with two attached hydrogens (primary N) is 1. The molecule has 1 fully saturated rings. The van der Waals surface area contributed by atoms with E-state index in [1.165, 1.54) is 0 Å². The van der Waals surface area contributed by atoms with Gasteiger partial charge in [0.05, 0.1) is 17.7 Å². The number of aromatic nitrogens is 2. The fourth-order valence-corrected chi connectivity index (χ4v) is 2.63. The maximum Gasteiger partial charge on any atom is 0.220 e. The van der Waals surface area contributed by atoms with E-state index in [-0.39, 0.29) is 6.42 Å². The largest absolute Gasteiger partial charge is 0.388 e. The van der Waals surface area contributed by atoms with E-state index < -0.39 is 11.5 Å². The molecule has 104 valence electrons. The first-order valence-corrected chi connectivity index (χ1v) is 6.47. The Hall–Kier alpha value is -1.53. The minimum Gasteiger partial charge on any atom is -0.388 e. The zero-order valence-electron chi connectivity index (χ0n) is 11.2. The Morgan fingerprint density at radius 1 is 1.58 bits per heavy atom. The summed E-state index contributed by atoms with van der Waals surface area (Å²) in [5, 5.41) is 10.4. The van der Waals surface area contributed by atoms with Crippen molar-refractivity contribution in [3.8, 4) is 0 Å². The minimum atomic E-state index is -0.994. The molecule has 1 aliphatic rings. The monoisotopic (exact) mass is 264 g/mol. The van der Waals surface area contributed by atoms with Crippen LogP contribution < -0.4 is 5.73 Å². The number of nitrogens with zero attached hydrogens (tertiary/aromatic N) is 3. The Kier molecular flexibility index (Phi) is 4.11. The third-order valence-electron chi connectivity index (χ3n) is 3.38. The summed E-state index contributed by atoms with van der Waals surface area (Å²) in [6.07, 6.45) is 3.04. The zero-order valence-corrected chi connectivity index (χ0v) is 11.2. The quantitative estimate of drug-likeness (QED) is 0.797.